The number of aliphatic hydroxyl groups is 1. The van der Waals surface area contributed by atoms with Crippen LogP contribution in [0.25, 0.3) is 11.1 Å². The van der Waals surface area contributed by atoms with E-state index >= 15 is 0 Å². The molecule has 0 amide bonds. The second-order valence-electron chi connectivity index (χ2n) is 6.45. The van der Waals surface area contributed by atoms with Gasteiger partial charge >= 0.3 is 0 Å². The van der Waals surface area contributed by atoms with Crippen LogP contribution in [0.5, 0.6) is 0 Å². The molecule has 0 bridgehead atoms. The topological polar surface area (TPSA) is 49.5 Å². The van der Waals surface area contributed by atoms with Crippen molar-refractivity contribution in [3.8, 4) is 11.1 Å². The highest BCUT2D eigenvalue weighted by atomic mass is 35.5. The maximum atomic E-state index is 10.4. The Labute approximate surface area is 150 Å². The number of hydrogen-bond acceptors (Lipinski definition) is 3. The van der Waals surface area contributed by atoms with Crippen molar-refractivity contribution < 1.29 is 5.11 Å². The Balaban J connectivity index is 0.00000208. The van der Waals surface area contributed by atoms with Gasteiger partial charge in [0.1, 0.15) is 0 Å². The van der Waals surface area contributed by atoms with Crippen molar-refractivity contribution in [2.75, 3.05) is 25.4 Å². The molecule has 1 unspecified atom stereocenters. The van der Waals surface area contributed by atoms with Gasteiger partial charge < -0.3 is 15.7 Å². The molecule has 3 rings (SSSR count). The molecule has 1 saturated heterocycles. The summed E-state index contributed by atoms with van der Waals surface area (Å²) < 4.78 is 0. The average Bonchev–Trinajstić information content (AvgIpc) is 2.61. The zero-order valence-corrected chi connectivity index (χ0v) is 14.8. The fourth-order valence-electron chi connectivity index (χ4n) is 3.23. The normalized spacial score (nSPS) is 16.4. The average molecular weight is 347 g/mol. The number of nitrogens with zero attached hydrogens (tertiary/aromatic N) is 1. The predicted molar refractivity (Wildman–Crippen MR) is 103 cm³/mol. The maximum absolute atomic E-state index is 10.4. The molecule has 1 heterocycles. The standard InChI is InChI=1S/C20H26N2O.ClH/c21-19-10-8-17(9-11-19)16-4-6-18(7-5-16)20(23)12-15-22-13-2-1-3-14-22;/h4-11,20,23H,1-3,12-15,21H2;1H. The number of likely N-dealkylation sites (tertiary alicyclic amines) is 1. The summed E-state index contributed by atoms with van der Waals surface area (Å²) in [4.78, 5) is 2.47. The Morgan fingerprint density at radius 1 is 0.875 bits per heavy atom. The number of piperidine rings is 1. The minimum Gasteiger partial charge on any atom is -0.399 e. The summed E-state index contributed by atoms with van der Waals surface area (Å²) in [5.41, 5.74) is 9.80. The molecule has 3 N–H and O–H groups in total. The van der Waals surface area contributed by atoms with E-state index in [2.05, 4.69) is 17.0 Å². The van der Waals surface area contributed by atoms with Crippen LogP contribution in [0.1, 0.15) is 37.4 Å². The van der Waals surface area contributed by atoms with E-state index in [1.807, 2.05) is 36.4 Å². The quantitative estimate of drug-likeness (QED) is 0.795. The second-order valence-corrected chi connectivity index (χ2v) is 6.45. The molecular weight excluding hydrogens is 320 g/mol. The van der Waals surface area contributed by atoms with Crippen molar-refractivity contribution in [1.82, 2.24) is 4.90 Å². The van der Waals surface area contributed by atoms with Gasteiger partial charge in [0.25, 0.3) is 0 Å². The molecule has 24 heavy (non-hydrogen) atoms. The zero-order chi connectivity index (χ0) is 16.1. The highest BCUT2D eigenvalue weighted by Gasteiger charge is 2.13. The first-order chi connectivity index (χ1) is 11.2. The molecule has 0 saturated carbocycles. The first kappa shape index (κ1) is 18.8. The van der Waals surface area contributed by atoms with E-state index in [1.165, 1.54) is 32.4 Å². The first-order valence-electron chi connectivity index (χ1n) is 8.59. The van der Waals surface area contributed by atoms with Crippen LogP contribution in [-0.4, -0.2) is 29.6 Å². The van der Waals surface area contributed by atoms with Crippen molar-refractivity contribution in [2.24, 2.45) is 0 Å². The Morgan fingerprint density at radius 2 is 1.42 bits per heavy atom. The lowest BCUT2D eigenvalue weighted by Crippen LogP contribution is -2.31. The van der Waals surface area contributed by atoms with Gasteiger partial charge in [0.2, 0.25) is 0 Å². The lowest BCUT2D eigenvalue weighted by Gasteiger charge is -2.27. The fraction of sp³-hybridized carbons (Fsp3) is 0.400. The van der Waals surface area contributed by atoms with Gasteiger partial charge in [-0.25, -0.2) is 0 Å². The van der Waals surface area contributed by atoms with Crippen LogP contribution in [0.3, 0.4) is 0 Å². The number of aliphatic hydroxyl groups excluding tert-OH is 1. The van der Waals surface area contributed by atoms with E-state index in [9.17, 15) is 5.11 Å². The summed E-state index contributed by atoms with van der Waals surface area (Å²) >= 11 is 0. The Kier molecular flexibility index (Phi) is 7.10. The number of halogens is 1. The van der Waals surface area contributed by atoms with E-state index in [1.54, 1.807) is 0 Å². The van der Waals surface area contributed by atoms with Crippen molar-refractivity contribution in [2.45, 2.75) is 31.8 Å². The monoisotopic (exact) mass is 346 g/mol. The summed E-state index contributed by atoms with van der Waals surface area (Å²) in [6.45, 7) is 3.35. The lowest BCUT2D eigenvalue weighted by molar-refractivity contribution is 0.134. The molecular formula is C20H27ClN2O. The van der Waals surface area contributed by atoms with Gasteiger partial charge in [-0.15, -0.1) is 12.4 Å². The first-order valence-corrected chi connectivity index (χ1v) is 8.59. The molecule has 130 valence electrons. The smallest absolute Gasteiger partial charge is 0.0802 e. The van der Waals surface area contributed by atoms with Crippen LogP contribution < -0.4 is 5.73 Å². The summed E-state index contributed by atoms with van der Waals surface area (Å²) in [6.07, 6.45) is 4.38. The SMILES string of the molecule is Cl.Nc1ccc(-c2ccc(C(O)CCN3CCCCC3)cc2)cc1. The van der Waals surface area contributed by atoms with Gasteiger partial charge in [-0.3, -0.25) is 0 Å². The van der Waals surface area contributed by atoms with Gasteiger partial charge in [0.15, 0.2) is 0 Å². The summed E-state index contributed by atoms with van der Waals surface area (Å²) in [7, 11) is 0. The molecule has 1 aliphatic heterocycles. The van der Waals surface area contributed by atoms with E-state index in [4.69, 9.17) is 5.73 Å². The third-order valence-electron chi connectivity index (χ3n) is 4.71. The third kappa shape index (κ3) is 4.97. The van der Waals surface area contributed by atoms with Crippen molar-refractivity contribution in [3.05, 3.63) is 54.1 Å². The van der Waals surface area contributed by atoms with Crippen LogP contribution in [0, 0.1) is 0 Å². The molecule has 0 spiro atoms. The molecule has 1 aliphatic rings. The molecule has 0 aliphatic carbocycles. The number of benzene rings is 2. The molecule has 2 aromatic carbocycles. The van der Waals surface area contributed by atoms with Crippen molar-refractivity contribution in [1.29, 1.82) is 0 Å². The molecule has 0 aromatic heterocycles. The van der Waals surface area contributed by atoms with Crippen LogP contribution in [0.15, 0.2) is 48.5 Å². The summed E-state index contributed by atoms with van der Waals surface area (Å²) in [5.74, 6) is 0. The number of nitrogens with two attached hydrogens (primary N) is 1. The number of rotatable bonds is 5. The molecule has 4 heteroatoms. The zero-order valence-electron chi connectivity index (χ0n) is 14.0. The number of hydrogen-bond donors (Lipinski definition) is 2. The van der Waals surface area contributed by atoms with E-state index in [0.29, 0.717) is 0 Å². The van der Waals surface area contributed by atoms with E-state index in [0.717, 1.165) is 35.3 Å². The predicted octanol–water partition coefficient (Wildman–Crippen LogP) is 4.27. The lowest BCUT2D eigenvalue weighted by atomic mass is 10.00. The minimum atomic E-state index is -0.377. The maximum Gasteiger partial charge on any atom is 0.0802 e. The van der Waals surface area contributed by atoms with E-state index in [-0.39, 0.29) is 18.5 Å². The Hall–Kier alpha value is -1.55. The largest absolute Gasteiger partial charge is 0.399 e. The van der Waals surface area contributed by atoms with Gasteiger partial charge in [-0.05, 0) is 61.2 Å². The van der Waals surface area contributed by atoms with Crippen molar-refractivity contribution >= 4 is 18.1 Å². The third-order valence-corrected chi connectivity index (χ3v) is 4.71. The second kappa shape index (κ2) is 9.07. The Bertz CT molecular complexity index is 607. The Morgan fingerprint density at radius 3 is 2.00 bits per heavy atom. The van der Waals surface area contributed by atoms with Crippen molar-refractivity contribution in [3.63, 3.8) is 0 Å². The fourth-order valence-corrected chi connectivity index (χ4v) is 3.23. The van der Waals surface area contributed by atoms with Crippen LogP contribution >= 0.6 is 12.4 Å². The van der Waals surface area contributed by atoms with Gasteiger partial charge in [-0.2, -0.15) is 0 Å². The van der Waals surface area contributed by atoms with E-state index < -0.39 is 0 Å². The highest BCUT2D eigenvalue weighted by molar-refractivity contribution is 5.85. The molecule has 3 nitrogen and oxygen atoms in total. The molecule has 1 atom stereocenters. The summed E-state index contributed by atoms with van der Waals surface area (Å²) in [6, 6.07) is 16.1. The summed E-state index contributed by atoms with van der Waals surface area (Å²) in [5, 5.41) is 10.4. The van der Waals surface area contributed by atoms with Crippen LogP contribution in [-0.2, 0) is 0 Å². The molecule has 1 fully saturated rings. The number of anilines is 1. The van der Waals surface area contributed by atoms with Crippen LogP contribution in [0.2, 0.25) is 0 Å². The number of nitrogen functional groups attached to an aromatic ring is 1. The van der Waals surface area contributed by atoms with Gasteiger partial charge in [0.05, 0.1) is 6.10 Å². The highest BCUT2D eigenvalue weighted by Crippen LogP contribution is 2.24. The van der Waals surface area contributed by atoms with Crippen LogP contribution in [0.4, 0.5) is 5.69 Å². The molecule has 2 aromatic rings. The van der Waals surface area contributed by atoms with Gasteiger partial charge in [-0.1, -0.05) is 42.8 Å². The minimum absolute atomic E-state index is 0. The molecule has 0 radical (unpaired) electrons. The van der Waals surface area contributed by atoms with Gasteiger partial charge in [0, 0.05) is 12.2 Å².